The molecule has 2 rings (SSSR count). The van der Waals surface area contributed by atoms with Crippen molar-refractivity contribution in [2.75, 3.05) is 31.9 Å². The fourth-order valence-corrected chi connectivity index (χ4v) is 4.07. The number of nitrogens with zero attached hydrogens (tertiary/aromatic N) is 2. The zero-order chi connectivity index (χ0) is 14.9. The molecule has 0 unspecified atom stereocenters. The van der Waals surface area contributed by atoms with Crippen molar-refractivity contribution in [3.05, 3.63) is 0 Å². The summed E-state index contributed by atoms with van der Waals surface area (Å²) in [5, 5.41) is -0.381. The minimum absolute atomic E-state index is 0.0500. The highest BCUT2D eigenvalue weighted by Gasteiger charge is 2.41. The lowest BCUT2D eigenvalue weighted by Crippen LogP contribution is -2.59. The second kappa shape index (κ2) is 5.71. The van der Waals surface area contributed by atoms with Gasteiger partial charge in [0.05, 0.1) is 5.25 Å². The van der Waals surface area contributed by atoms with Crippen LogP contribution in [0.15, 0.2) is 0 Å². The van der Waals surface area contributed by atoms with E-state index in [9.17, 15) is 18.0 Å². The highest BCUT2D eigenvalue weighted by molar-refractivity contribution is 7.92. The zero-order valence-corrected chi connectivity index (χ0v) is 12.9. The topological polar surface area (TPSA) is 74.8 Å². The van der Waals surface area contributed by atoms with Crippen LogP contribution in [0.2, 0.25) is 0 Å². The van der Waals surface area contributed by atoms with Crippen LogP contribution in [-0.2, 0) is 19.4 Å². The first-order chi connectivity index (χ1) is 9.35. The fraction of sp³-hybridized carbons (Fsp3) is 0.846. The molecule has 0 spiro atoms. The number of sulfone groups is 1. The van der Waals surface area contributed by atoms with Crippen LogP contribution in [0.5, 0.6) is 0 Å². The normalized spacial score (nSPS) is 21.7. The monoisotopic (exact) mass is 302 g/mol. The number of amides is 2. The van der Waals surface area contributed by atoms with E-state index in [0.717, 1.165) is 0 Å². The van der Waals surface area contributed by atoms with E-state index in [1.165, 1.54) is 6.92 Å². The lowest BCUT2D eigenvalue weighted by atomic mass is 9.94. The van der Waals surface area contributed by atoms with E-state index in [1.807, 2.05) is 0 Å². The van der Waals surface area contributed by atoms with E-state index in [0.29, 0.717) is 39.0 Å². The Labute approximate surface area is 120 Å². The van der Waals surface area contributed by atoms with Gasteiger partial charge in [0.2, 0.25) is 11.8 Å². The van der Waals surface area contributed by atoms with E-state index in [1.54, 1.807) is 16.7 Å². The molecule has 2 saturated heterocycles. The Morgan fingerprint density at radius 1 is 1.10 bits per heavy atom. The molecule has 2 fully saturated rings. The van der Waals surface area contributed by atoms with Gasteiger partial charge in [0, 0.05) is 44.8 Å². The maximum absolute atomic E-state index is 12.2. The summed E-state index contributed by atoms with van der Waals surface area (Å²) in [5.41, 5.74) is 0. The quantitative estimate of drug-likeness (QED) is 0.729. The molecule has 0 aromatic carbocycles. The van der Waals surface area contributed by atoms with Crippen LogP contribution >= 0.6 is 0 Å². The summed E-state index contributed by atoms with van der Waals surface area (Å²) in [6.45, 7) is 5.09. The average Bonchev–Trinajstić information content (AvgIpc) is 2.36. The fourth-order valence-electron chi connectivity index (χ4n) is 2.78. The lowest BCUT2D eigenvalue weighted by molar-refractivity contribution is -0.142. The van der Waals surface area contributed by atoms with Gasteiger partial charge in [0.25, 0.3) is 0 Å². The van der Waals surface area contributed by atoms with Gasteiger partial charge in [0.15, 0.2) is 9.84 Å². The molecule has 0 atom stereocenters. The van der Waals surface area contributed by atoms with Gasteiger partial charge in [-0.15, -0.1) is 0 Å². The zero-order valence-electron chi connectivity index (χ0n) is 12.0. The summed E-state index contributed by atoms with van der Waals surface area (Å²) in [6, 6.07) is 0. The molecule has 6 nitrogen and oxygen atoms in total. The number of hydrogen-bond acceptors (Lipinski definition) is 4. The Balaban J connectivity index is 1.82. The molecule has 0 aromatic heterocycles. The number of carbonyl (C=O) groups is 2. The van der Waals surface area contributed by atoms with Gasteiger partial charge in [-0.05, 0) is 12.8 Å². The van der Waals surface area contributed by atoms with Gasteiger partial charge in [-0.25, -0.2) is 8.42 Å². The van der Waals surface area contributed by atoms with Crippen LogP contribution in [0.1, 0.15) is 26.7 Å². The summed E-state index contributed by atoms with van der Waals surface area (Å²) in [5.74, 6) is 0.178. The summed E-state index contributed by atoms with van der Waals surface area (Å²) in [6.07, 6.45) is 1.36. The van der Waals surface area contributed by atoms with Crippen LogP contribution in [-0.4, -0.2) is 67.2 Å². The summed E-state index contributed by atoms with van der Waals surface area (Å²) in [7, 11) is -3.03. The van der Waals surface area contributed by atoms with Gasteiger partial charge < -0.3 is 9.80 Å². The lowest BCUT2D eigenvalue weighted by Gasteiger charge is -2.41. The highest BCUT2D eigenvalue weighted by atomic mass is 32.2. The Bertz CT molecular complexity index is 489. The molecule has 0 saturated carbocycles. The predicted octanol–water partition coefficient (Wildman–Crippen LogP) is -0.110. The van der Waals surface area contributed by atoms with E-state index in [2.05, 4.69) is 0 Å². The van der Waals surface area contributed by atoms with E-state index in [-0.39, 0.29) is 28.7 Å². The standard InChI is InChI=1S/C13H22N2O4S/c1-3-20(18,19)12-8-15(9-12)13(17)11-4-6-14(7-5-11)10(2)16/h11-12H,3-9H2,1-2H3. The summed E-state index contributed by atoms with van der Waals surface area (Å²) < 4.78 is 23.3. The molecule has 20 heavy (non-hydrogen) atoms. The van der Waals surface area contributed by atoms with Crippen molar-refractivity contribution in [3.63, 3.8) is 0 Å². The SMILES string of the molecule is CCS(=O)(=O)C1CN(C(=O)C2CCN(C(C)=O)CC2)C1. The third-order valence-corrected chi connectivity index (χ3v) is 6.48. The molecule has 2 amide bonds. The second-order valence-corrected chi connectivity index (χ2v) is 8.17. The van der Waals surface area contributed by atoms with Crippen molar-refractivity contribution in [1.29, 1.82) is 0 Å². The molecular formula is C13H22N2O4S. The molecule has 0 aromatic rings. The van der Waals surface area contributed by atoms with Crippen molar-refractivity contribution < 1.29 is 18.0 Å². The number of rotatable bonds is 3. The van der Waals surface area contributed by atoms with Crippen molar-refractivity contribution in [3.8, 4) is 0 Å². The van der Waals surface area contributed by atoms with Gasteiger partial charge in [0.1, 0.15) is 0 Å². The third kappa shape index (κ3) is 2.97. The highest BCUT2D eigenvalue weighted by Crippen LogP contribution is 2.24. The van der Waals surface area contributed by atoms with E-state index in [4.69, 9.17) is 0 Å². The first-order valence-corrected chi connectivity index (χ1v) is 8.82. The number of hydrogen-bond donors (Lipinski definition) is 0. The molecule has 0 aliphatic carbocycles. The second-order valence-electron chi connectivity index (χ2n) is 5.60. The number of likely N-dealkylation sites (tertiary alicyclic amines) is 2. The largest absolute Gasteiger partial charge is 0.343 e. The minimum atomic E-state index is -3.03. The third-order valence-electron chi connectivity index (χ3n) is 4.36. The van der Waals surface area contributed by atoms with Crippen LogP contribution in [0.25, 0.3) is 0 Å². The minimum Gasteiger partial charge on any atom is -0.343 e. The maximum atomic E-state index is 12.2. The van der Waals surface area contributed by atoms with Crippen molar-refractivity contribution in [2.24, 2.45) is 5.92 Å². The predicted molar refractivity (Wildman–Crippen MR) is 74.8 cm³/mol. The molecule has 2 aliphatic rings. The Morgan fingerprint density at radius 2 is 1.65 bits per heavy atom. The molecule has 2 heterocycles. The van der Waals surface area contributed by atoms with Gasteiger partial charge >= 0.3 is 0 Å². The Kier molecular flexibility index (Phi) is 4.36. The molecule has 7 heteroatoms. The average molecular weight is 302 g/mol. The molecule has 114 valence electrons. The van der Waals surface area contributed by atoms with Crippen LogP contribution < -0.4 is 0 Å². The van der Waals surface area contributed by atoms with Gasteiger partial charge in [-0.2, -0.15) is 0 Å². The van der Waals surface area contributed by atoms with Crippen molar-refractivity contribution in [1.82, 2.24) is 9.80 Å². The van der Waals surface area contributed by atoms with Gasteiger partial charge in [-0.1, -0.05) is 6.92 Å². The molecule has 0 bridgehead atoms. The first-order valence-electron chi connectivity index (χ1n) is 7.11. The Hall–Kier alpha value is -1.11. The first kappa shape index (κ1) is 15.3. The van der Waals surface area contributed by atoms with E-state index >= 15 is 0 Å². The van der Waals surface area contributed by atoms with Crippen molar-refractivity contribution >= 4 is 21.7 Å². The molecule has 0 radical (unpaired) electrons. The van der Waals surface area contributed by atoms with Crippen molar-refractivity contribution in [2.45, 2.75) is 31.9 Å². The molecule has 2 aliphatic heterocycles. The van der Waals surface area contributed by atoms with Gasteiger partial charge in [-0.3, -0.25) is 9.59 Å². The number of carbonyl (C=O) groups excluding carboxylic acids is 2. The molecular weight excluding hydrogens is 280 g/mol. The van der Waals surface area contributed by atoms with Crippen LogP contribution in [0, 0.1) is 5.92 Å². The van der Waals surface area contributed by atoms with Crippen LogP contribution in [0.3, 0.4) is 0 Å². The Morgan fingerprint density at radius 3 is 2.10 bits per heavy atom. The summed E-state index contributed by atoms with van der Waals surface area (Å²) >= 11 is 0. The van der Waals surface area contributed by atoms with Crippen LogP contribution in [0.4, 0.5) is 0 Å². The van der Waals surface area contributed by atoms with E-state index < -0.39 is 9.84 Å². The maximum Gasteiger partial charge on any atom is 0.225 e. The molecule has 0 N–H and O–H groups in total. The smallest absolute Gasteiger partial charge is 0.225 e. The number of piperidine rings is 1. The summed E-state index contributed by atoms with van der Waals surface area (Å²) in [4.78, 5) is 26.9.